The van der Waals surface area contributed by atoms with Crippen LogP contribution in [0.25, 0.3) is 0 Å². The van der Waals surface area contributed by atoms with Crippen molar-refractivity contribution in [1.82, 2.24) is 0 Å². The van der Waals surface area contributed by atoms with E-state index in [0.29, 0.717) is 10.6 Å². The number of hydrogen-bond acceptors (Lipinski definition) is 5. The summed E-state index contributed by atoms with van der Waals surface area (Å²) in [6, 6.07) is 27.0. The molecule has 2 amide bonds. The van der Waals surface area contributed by atoms with Crippen molar-refractivity contribution in [2.24, 2.45) is 11.8 Å². The van der Waals surface area contributed by atoms with Gasteiger partial charge in [-0.3, -0.25) is 14.4 Å². The highest BCUT2D eigenvalue weighted by atomic mass is 35.5. The average molecular weight is 631 g/mol. The maximum absolute atomic E-state index is 14.1. The highest BCUT2D eigenvalue weighted by Gasteiger charge is 2.73. The molecule has 4 aromatic rings. The summed E-state index contributed by atoms with van der Waals surface area (Å²) in [7, 11) is 0. The van der Waals surface area contributed by atoms with Crippen molar-refractivity contribution in [3.63, 3.8) is 0 Å². The van der Waals surface area contributed by atoms with Crippen LogP contribution in [-0.2, 0) is 24.1 Å². The number of esters is 1. The zero-order valence-electron chi connectivity index (χ0n) is 22.6. The molecular weight excluding hydrogens is 609 g/mol. The number of imide groups is 1. The number of carbonyl (C=O) groups is 4. The monoisotopic (exact) mass is 629 g/mol. The molecule has 6 nitrogen and oxygen atoms in total. The molecule has 1 saturated heterocycles. The summed E-state index contributed by atoms with van der Waals surface area (Å²) >= 11 is 20.8. The van der Waals surface area contributed by atoms with Crippen molar-refractivity contribution in [1.29, 1.82) is 0 Å². The first kappa shape index (κ1) is 27.8. The van der Waals surface area contributed by atoms with Crippen molar-refractivity contribution in [3.05, 3.63) is 135 Å². The second-order valence-electron chi connectivity index (χ2n) is 10.9. The topological polar surface area (TPSA) is 80.8 Å². The minimum Gasteiger partial charge on any atom is -0.451 e. The SMILES string of the molecule is C[C@@H](OC(=O)c1ccc(N2C(=O)[C@@H]3[C@H](C2=O)C2(Cl)c4ccccc4C3(Cl)c3ccccc32)cc1)C(=O)c1ccc(Cl)cc1. The molecule has 0 N–H and O–H groups in total. The Morgan fingerprint density at radius 2 is 1.12 bits per heavy atom. The van der Waals surface area contributed by atoms with Crippen molar-refractivity contribution < 1.29 is 23.9 Å². The molecule has 1 fully saturated rings. The van der Waals surface area contributed by atoms with Crippen molar-refractivity contribution >= 4 is 64.1 Å². The summed E-state index contributed by atoms with van der Waals surface area (Å²) in [6.07, 6.45) is -1.04. The van der Waals surface area contributed by atoms with Crippen LogP contribution in [0.3, 0.4) is 0 Å². The van der Waals surface area contributed by atoms with Gasteiger partial charge in [-0.15, -0.1) is 23.2 Å². The van der Waals surface area contributed by atoms with Gasteiger partial charge in [0.05, 0.1) is 23.1 Å². The predicted molar refractivity (Wildman–Crippen MR) is 163 cm³/mol. The number of hydrogen-bond donors (Lipinski definition) is 0. The zero-order chi connectivity index (χ0) is 30.3. The quantitative estimate of drug-likeness (QED) is 0.104. The lowest BCUT2D eigenvalue weighted by molar-refractivity contribution is -0.122. The molecule has 3 atom stereocenters. The summed E-state index contributed by atoms with van der Waals surface area (Å²) < 4.78 is 5.40. The molecule has 3 aliphatic carbocycles. The van der Waals surface area contributed by atoms with Gasteiger partial charge >= 0.3 is 5.97 Å². The smallest absolute Gasteiger partial charge is 0.338 e. The summed E-state index contributed by atoms with van der Waals surface area (Å²) in [4.78, 5) is 52.4. The first-order valence-electron chi connectivity index (χ1n) is 13.6. The fourth-order valence-corrected chi connectivity index (χ4v) is 8.02. The van der Waals surface area contributed by atoms with Crippen LogP contribution in [0.15, 0.2) is 97.1 Å². The third-order valence-electron chi connectivity index (χ3n) is 8.73. The Kier molecular flexibility index (Phi) is 6.33. The van der Waals surface area contributed by atoms with Gasteiger partial charge in [0.25, 0.3) is 0 Å². The van der Waals surface area contributed by atoms with Crippen LogP contribution in [0.5, 0.6) is 0 Å². The van der Waals surface area contributed by atoms with Crippen LogP contribution in [0.2, 0.25) is 5.02 Å². The van der Waals surface area contributed by atoms with Crippen LogP contribution in [0, 0.1) is 11.8 Å². The number of nitrogens with zero attached hydrogens (tertiary/aromatic N) is 1. The Morgan fingerprint density at radius 1 is 0.698 bits per heavy atom. The number of ether oxygens (including phenoxy) is 1. The van der Waals surface area contributed by atoms with Crippen LogP contribution >= 0.6 is 34.8 Å². The molecule has 8 rings (SSSR count). The Bertz CT molecular complexity index is 1730. The molecular formula is C34H22Cl3NO5. The second kappa shape index (κ2) is 9.78. The number of Topliss-reactive ketones (excluding diaryl/α,β-unsaturated/α-hetero) is 1. The Hall–Kier alpha value is -3.97. The Morgan fingerprint density at radius 3 is 1.56 bits per heavy atom. The van der Waals surface area contributed by atoms with Gasteiger partial charge in [-0.05, 0) is 77.7 Å². The standard InChI is InChI=1S/C34H22Cl3NO5/c1-18(29(39)19-10-14-21(35)15-11-19)43-32(42)20-12-16-22(17-13-20)38-30(40)27-28(31(38)41)34(37)24-7-3-2-6-23(24)33(27,36)25-8-4-5-9-26(25)34/h2-18,27-28H,1H3/t18-,27-,28+,33?,34?/m1/s1. The number of benzene rings is 4. The number of anilines is 1. The third-order valence-corrected chi connectivity index (χ3v) is 10.3. The molecule has 0 aromatic heterocycles. The molecule has 214 valence electrons. The van der Waals surface area contributed by atoms with Gasteiger partial charge in [0.1, 0.15) is 9.75 Å². The molecule has 43 heavy (non-hydrogen) atoms. The molecule has 1 aliphatic heterocycles. The fraction of sp³-hybridized carbons (Fsp3) is 0.176. The Labute approximate surface area is 262 Å². The van der Waals surface area contributed by atoms with Crippen LogP contribution < -0.4 is 4.90 Å². The first-order valence-corrected chi connectivity index (χ1v) is 14.8. The van der Waals surface area contributed by atoms with E-state index in [1.807, 2.05) is 48.5 Å². The van der Waals surface area contributed by atoms with Gasteiger partial charge in [0, 0.05) is 10.6 Å². The van der Waals surface area contributed by atoms with Gasteiger partial charge in [0.15, 0.2) is 6.10 Å². The lowest BCUT2D eigenvalue weighted by Gasteiger charge is -2.54. The van der Waals surface area contributed by atoms with Crippen molar-refractivity contribution in [3.8, 4) is 0 Å². The van der Waals surface area contributed by atoms with Gasteiger partial charge in [-0.25, -0.2) is 9.69 Å². The van der Waals surface area contributed by atoms with E-state index in [-0.39, 0.29) is 17.0 Å². The van der Waals surface area contributed by atoms with E-state index < -0.39 is 45.5 Å². The van der Waals surface area contributed by atoms with Crippen LogP contribution in [-0.4, -0.2) is 29.7 Å². The normalized spacial score (nSPS) is 25.5. The first-order chi connectivity index (χ1) is 20.6. The lowest BCUT2D eigenvalue weighted by atomic mass is 9.54. The number of alkyl halides is 2. The van der Waals surface area contributed by atoms with Gasteiger partial charge < -0.3 is 4.74 Å². The molecule has 2 bridgehead atoms. The molecule has 4 aliphatic rings. The highest BCUT2D eigenvalue weighted by Crippen LogP contribution is 2.69. The molecule has 0 spiro atoms. The fourth-order valence-electron chi connectivity index (χ4n) is 6.80. The molecule has 9 heteroatoms. The minimum absolute atomic E-state index is 0.151. The maximum Gasteiger partial charge on any atom is 0.338 e. The van der Waals surface area contributed by atoms with E-state index in [0.717, 1.165) is 27.2 Å². The largest absolute Gasteiger partial charge is 0.451 e. The lowest BCUT2D eigenvalue weighted by Crippen LogP contribution is -2.57. The van der Waals surface area contributed by atoms with Crippen molar-refractivity contribution in [2.45, 2.75) is 22.8 Å². The van der Waals surface area contributed by atoms with E-state index in [1.54, 1.807) is 24.3 Å². The summed E-state index contributed by atoms with van der Waals surface area (Å²) in [6.45, 7) is 1.49. The maximum atomic E-state index is 14.1. The predicted octanol–water partition coefficient (Wildman–Crippen LogP) is 6.87. The number of ketones is 1. The van der Waals surface area contributed by atoms with Gasteiger partial charge in [-0.2, -0.15) is 0 Å². The Balaban J connectivity index is 1.19. The van der Waals surface area contributed by atoms with Crippen LogP contribution in [0.1, 0.15) is 49.9 Å². The second-order valence-corrected chi connectivity index (χ2v) is 12.6. The van der Waals surface area contributed by atoms with Crippen LogP contribution in [0.4, 0.5) is 5.69 Å². The average Bonchev–Trinajstić information content (AvgIpc) is 3.30. The minimum atomic E-state index is -1.29. The third kappa shape index (κ3) is 3.80. The zero-order valence-corrected chi connectivity index (χ0v) is 24.9. The van der Waals surface area contributed by atoms with E-state index in [2.05, 4.69) is 0 Å². The summed E-state index contributed by atoms with van der Waals surface area (Å²) in [5.74, 6) is -3.90. The van der Waals surface area contributed by atoms with E-state index in [9.17, 15) is 19.2 Å². The number of carbonyl (C=O) groups excluding carboxylic acids is 4. The molecule has 0 radical (unpaired) electrons. The van der Waals surface area contributed by atoms with E-state index in [4.69, 9.17) is 39.5 Å². The van der Waals surface area contributed by atoms with Crippen molar-refractivity contribution in [2.75, 3.05) is 4.90 Å². The number of amides is 2. The summed E-state index contributed by atoms with van der Waals surface area (Å²) in [5.41, 5.74) is 3.66. The van der Waals surface area contributed by atoms with E-state index in [1.165, 1.54) is 31.2 Å². The van der Waals surface area contributed by atoms with Gasteiger partial charge in [0.2, 0.25) is 17.6 Å². The number of rotatable bonds is 5. The molecule has 4 aromatic carbocycles. The molecule has 0 unspecified atom stereocenters. The summed E-state index contributed by atoms with van der Waals surface area (Å²) in [5, 5.41) is 0.486. The van der Waals surface area contributed by atoms with Gasteiger partial charge in [-0.1, -0.05) is 60.1 Å². The highest BCUT2D eigenvalue weighted by molar-refractivity contribution is 6.38. The number of halogens is 3. The molecule has 0 saturated carbocycles. The molecule has 1 heterocycles. The van der Waals surface area contributed by atoms with E-state index >= 15 is 0 Å².